The van der Waals surface area contributed by atoms with E-state index in [1.54, 1.807) is 0 Å². The molecule has 0 radical (unpaired) electrons. The Labute approximate surface area is 253 Å². The predicted octanol–water partition coefficient (Wildman–Crippen LogP) is 5.08. The smallest absolute Gasteiger partial charge is 0.268 e. The van der Waals surface area contributed by atoms with Crippen molar-refractivity contribution in [2.45, 2.75) is 19.4 Å². The van der Waals surface area contributed by atoms with Gasteiger partial charge in [-0.3, -0.25) is 0 Å². The molecule has 43 heavy (non-hydrogen) atoms. The van der Waals surface area contributed by atoms with Crippen LogP contribution in [0.15, 0.2) is 90.8 Å². The number of benzene rings is 4. The molecule has 0 unspecified atom stereocenters. The molecule has 9 nitrogen and oxygen atoms in total. The van der Waals surface area contributed by atoms with Gasteiger partial charge in [0.15, 0.2) is 12.3 Å². The van der Waals surface area contributed by atoms with Gasteiger partial charge in [0.2, 0.25) is 11.4 Å². The molecule has 5 aromatic rings. The summed E-state index contributed by atoms with van der Waals surface area (Å²) in [5, 5.41) is 2.78. The summed E-state index contributed by atoms with van der Waals surface area (Å²) in [5.41, 5.74) is 3.62. The molecule has 0 bridgehead atoms. The number of ether oxygens (including phenoxy) is 1. The molecule has 4 aromatic carbocycles. The van der Waals surface area contributed by atoms with Crippen molar-refractivity contribution in [2.75, 3.05) is 23.0 Å². The van der Waals surface area contributed by atoms with Crippen LogP contribution in [0.4, 0.5) is 5.69 Å². The quantitative estimate of drug-likeness (QED) is 0.153. The second-order valence-electron chi connectivity index (χ2n) is 10.2. The number of aryl methyl sites for hydroxylation is 1. The number of hydrogen-bond acceptors (Lipinski definition) is 9. The van der Waals surface area contributed by atoms with E-state index in [1.165, 1.54) is 11.3 Å². The van der Waals surface area contributed by atoms with Gasteiger partial charge in [0.25, 0.3) is 5.01 Å². The highest BCUT2D eigenvalue weighted by atomic mass is 32.2. The summed E-state index contributed by atoms with van der Waals surface area (Å²) in [5.74, 6) is 0.0391. The van der Waals surface area contributed by atoms with Crippen molar-refractivity contribution in [1.29, 1.82) is 0 Å². The fraction of sp³-hybridized carbons (Fsp3) is 0.194. The van der Waals surface area contributed by atoms with Crippen LogP contribution in [0.5, 0.6) is 5.75 Å². The van der Waals surface area contributed by atoms with Crippen LogP contribution in [0.1, 0.15) is 17.8 Å². The number of hydrogen-bond donors (Lipinski definition) is 0. The molecule has 0 amide bonds. The number of nitrogens with zero attached hydrogens (tertiary/aromatic N) is 2. The summed E-state index contributed by atoms with van der Waals surface area (Å²) in [6.07, 6.45) is 2.08. The lowest BCUT2D eigenvalue weighted by molar-refractivity contribution is -0.667. The first-order valence-corrected chi connectivity index (χ1v) is 17.6. The monoisotopic (exact) mass is 635 g/mol. The number of aromatic nitrogens is 1. The number of rotatable bonds is 10. The Balaban J connectivity index is 1.45. The molecule has 0 spiro atoms. The lowest BCUT2D eigenvalue weighted by atomic mass is 10.0. The topological polar surface area (TPSA) is 131 Å². The lowest BCUT2D eigenvalue weighted by Gasteiger charge is -2.19. The van der Waals surface area contributed by atoms with E-state index in [0.29, 0.717) is 11.6 Å². The van der Waals surface area contributed by atoms with E-state index in [4.69, 9.17) is 4.74 Å². The predicted molar refractivity (Wildman–Crippen MR) is 166 cm³/mol. The third-order valence-electron chi connectivity index (χ3n) is 7.25. The Bertz CT molecular complexity index is 2070. The van der Waals surface area contributed by atoms with Crippen molar-refractivity contribution in [3.63, 3.8) is 0 Å². The maximum atomic E-state index is 11.4. The number of thiazole rings is 1. The van der Waals surface area contributed by atoms with Crippen LogP contribution in [0.25, 0.3) is 38.2 Å². The molecule has 1 aliphatic rings. The van der Waals surface area contributed by atoms with E-state index >= 15 is 0 Å². The molecular formula is C31H27N2O7S3-. The van der Waals surface area contributed by atoms with Crippen LogP contribution in [0, 0.1) is 0 Å². The summed E-state index contributed by atoms with van der Waals surface area (Å²) in [6, 6.07) is 27.6. The summed E-state index contributed by atoms with van der Waals surface area (Å²) in [4.78, 5) is 1.86. The molecule has 0 saturated heterocycles. The van der Waals surface area contributed by atoms with Gasteiger partial charge in [-0.2, -0.15) is 4.57 Å². The standard InChI is InChI=1S/C31H28N2O7S3/c34-42(35,36)18-6-16-32-26-20-24(22-8-2-1-3-9-22)12-14-27(26)40-29(32)21-30-33(17-7-19-43(37,38)39)31-25-11-5-4-10-23(25)13-15-28(31)41-30/h1-5,8-15,20-21H,6-7,16-19H2,(H-,34,35,36,37,38,39)/p-1. The minimum absolute atomic E-state index is 0.0972. The highest BCUT2D eigenvalue weighted by Crippen LogP contribution is 2.42. The lowest BCUT2D eigenvalue weighted by Crippen LogP contribution is -2.36. The van der Waals surface area contributed by atoms with Crippen LogP contribution in [0.2, 0.25) is 0 Å². The molecule has 222 valence electrons. The Morgan fingerprint density at radius 2 is 1.53 bits per heavy atom. The van der Waals surface area contributed by atoms with Gasteiger partial charge >= 0.3 is 0 Å². The zero-order valence-electron chi connectivity index (χ0n) is 22.9. The van der Waals surface area contributed by atoms with Crippen LogP contribution in [-0.4, -0.2) is 44.0 Å². The molecule has 0 fully saturated rings. The van der Waals surface area contributed by atoms with Gasteiger partial charge in [0.05, 0.1) is 37.4 Å². The Hall–Kier alpha value is -3.81. The van der Waals surface area contributed by atoms with E-state index in [0.717, 1.165) is 42.8 Å². The first-order chi connectivity index (χ1) is 20.6. The molecule has 0 N–H and O–H groups in total. The first kappa shape index (κ1) is 29.3. The molecule has 2 heterocycles. The molecule has 1 aliphatic heterocycles. The summed E-state index contributed by atoms with van der Waals surface area (Å²) >= 11 is 1.50. The molecule has 12 heteroatoms. The summed E-state index contributed by atoms with van der Waals surface area (Å²) < 4.78 is 77.7. The summed E-state index contributed by atoms with van der Waals surface area (Å²) in [6.45, 7) is 0.509. The SMILES string of the molecule is O=S(=O)([O-])CCCN1/C(=C/c2sc3ccc4ccccc4c3[n+]2CCCS(=O)(=O)[O-])Oc2ccc(-c3ccccc3)cc21. The number of fused-ring (bicyclic) bond motifs is 4. The van der Waals surface area contributed by atoms with Gasteiger partial charge in [-0.1, -0.05) is 72.0 Å². The van der Waals surface area contributed by atoms with Gasteiger partial charge in [-0.15, -0.1) is 0 Å². The first-order valence-electron chi connectivity index (χ1n) is 13.6. The number of anilines is 1. The molecular weight excluding hydrogens is 609 g/mol. The average Bonchev–Trinajstić information content (AvgIpc) is 3.49. The average molecular weight is 636 g/mol. The van der Waals surface area contributed by atoms with E-state index in [9.17, 15) is 25.9 Å². The minimum Gasteiger partial charge on any atom is -0.748 e. The molecule has 6 rings (SSSR count). The molecule has 0 atom stereocenters. The fourth-order valence-electron chi connectivity index (χ4n) is 5.36. The zero-order chi connectivity index (χ0) is 30.2. The van der Waals surface area contributed by atoms with Gasteiger partial charge in [-0.05, 0) is 47.2 Å². The van der Waals surface area contributed by atoms with Gasteiger partial charge in [0.1, 0.15) is 4.70 Å². The van der Waals surface area contributed by atoms with Crippen molar-refractivity contribution in [1.82, 2.24) is 0 Å². The van der Waals surface area contributed by atoms with Gasteiger partial charge in [0, 0.05) is 24.5 Å². The minimum atomic E-state index is -4.40. The normalized spacial score (nSPS) is 14.5. The highest BCUT2D eigenvalue weighted by Gasteiger charge is 2.30. The van der Waals surface area contributed by atoms with E-state index in [1.807, 2.05) is 100 Å². The van der Waals surface area contributed by atoms with Crippen LogP contribution in [-0.2, 0) is 26.8 Å². The van der Waals surface area contributed by atoms with Crippen LogP contribution >= 0.6 is 11.3 Å². The Kier molecular flexibility index (Phi) is 7.96. The second-order valence-corrected chi connectivity index (χ2v) is 14.4. The Morgan fingerprint density at radius 3 is 2.30 bits per heavy atom. The van der Waals surface area contributed by atoms with Crippen molar-refractivity contribution < 1.29 is 35.2 Å². The third-order valence-corrected chi connectivity index (χ3v) is 9.92. The van der Waals surface area contributed by atoms with E-state index in [2.05, 4.69) is 0 Å². The van der Waals surface area contributed by atoms with E-state index < -0.39 is 31.7 Å². The van der Waals surface area contributed by atoms with Crippen molar-refractivity contribution >= 4 is 64.3 Å². The molecule has 0 aliphatic carbocycles. The van der Waals surface area contributed by atoms with E-state index in [-0.39, 0.29) is 25.9 Å². The molecule has 0 saturated carbocycles. The fourth-order valence-corrected chi connectivity index (χ4v) is 7.45. The molecule has 1 aromatic heterocycles. The Morgan fingerprint density at radius 1 is 0.814 bits per heavy atom. The van der Waals surface area contributed by atoms with Gasteiger partial charge < -0.3 is 18.7 Å². The van der Waals surface area contributed by atoms with Crippen molar-refractivity contribution in [3.05, 3.63) is 95.8 Å². The van der Waals surface area contributed by atoms with Crippen molar-refractivity contribution in [3.8, 4) is 16.9 Å². The highest BCUT2D eigenvalue weighted by molar-refractivity contribution is 7.85. The van der Waals surface area contributed by atoms with Crippen LogP contribution < -0.4 is 14.2 Å². The van der Waals surface area contributed by atoms with Crippen molar-refractivity contribution in [2.24, 2.45) is 0 Å². The maximum Gasteiger partial charge on any atom is 0.268 e. The van der Waals surface area contributed by atoms with Gasteiger partial charge in [-0.25, -0.2) is 16.8 Å². The largest absolute Gasteiger partial charge is 0.748 e. The zero-order valence-corrected chi connectivity index (χ0v) is 25.3. The second kappa shape index (κ2) is 11.7. The van der Waals surface area contributed by atoms with Crippen LogP contribution in [0.3, 0.4) is 0 Å². The summed E-state index contributed by atoms with van der Waals surface area (Å²) in [7, 11) is -8.79. The maximum absolute atomic E-state index is 11.4. The third kappa shape index (κ3) is 6.58.